The molecule has 1 aromatic carbocycles. The molecule has 0 saturated carbocycles. The molecular weight excluding hydrogens is 215 g/mol. The summed E-state index contributed by atoms with van der Waals surface area (Å²) in [5, 5.41) is 2.71. The van der Waals surface area contributed by atoms with Crippen molar-refractivity contribution in [1.29, 1.82) is 0 Å². The summed E-state index contributed by atoms with van der Waals surface area (Å²) >= 11 is 0. The standard InChI is InChI=1S/C10H12F3N.C2H6/c1-3-7-4-8(10(11,12)13)6-9(5-7)14-2;1-2/h4-6,14H,3H2,1-2H3;1-2H3. The summed E-state index contributed by atoms with van der Waals surface area (Å²) < 4.78 is 37.2. The summed E-state index contributed by atoms with van der Waals surface area (Å²) in [5.41, 5.74) is 0.585. The van der Waals surface area contributed by atoms with E-state index in [1.165, 1.54) is 6.07 Å². The van der Waals surface area contributed by atoms with E-state index >= 15 is 0 Å². The second kappa shape index (κ2) is 6.40. The number of benzene rings is 1. The van der Waals surface area contributed by atoms with Crippen molar-refractivity contribution in [2.45, 2.75) is 33.4 Å². The third kappa shape index (κ3) is 4.13. The quantitative estimate of drug-likeness (QED) is 0.801. The molecule has 1 aromatic rings. The van der Waals surface area contributed by atoms with E-state index < -0.39 is 11.7 Å². The maximum absolute atomic E-state index is 12.4. The maximum Gasteiger partial charge on any atom is 0.416 e. The normalized spacial score (nSPS) is 10.4. The maximum atomic E-state index is 12.4. The van der Waals surface area contributed by atoms with Gasteiger partial charge in [-0.15, -0.1) is 0 Å². The summed E-state index contributed by atoms with van der Waals surface area (Å²) in [4.78, 5) is 0. The molecule has 0 heterocycles. The molecule has 0 bridgehead atoms. The van der Waals surface area contributed by atoms with Crippen LogP contribution in [0.5, 0.6) is 0 Å². The van der Waals surface area contributed by atoms with Crippen molar-refractivity contribution in [2.75, 3.05) is 12.4 Å². The van der Waals surface area contributed by atoms with Gasteiger partial charge in [0.2, 0.25) is 0 Å². The van der Waals surface area contributed by atoms with Crippen LogP contribution in [0.25, 0.3) is 0 Å². The van der Waals surface area contributed by atoms with Crippen molar-refractivity contribution in [3.8, 4) is 0 Å². The van der Waals surface area contributed by atoms with Gasteiger partial charge < -0.3 is 5.32 Å². The van der Waals surface area contributed by atoms with Crippen molar-refractivity contribution < 1.29 is 13.2 Å². The van der Waals surface area contributed by atoms with E-state index in [0.717, 1.165) is 6.07 Å². The lowest BCUT2D eigenvalue weighted by Crippen LogP contribution is -2.06. The molecule has 16 heavy (non-hydrogen) atoms. The highest BCUT2D eigenvalue weighted by Gasteiger charge is 2.30. The Kier molecular flexibility index (Phi) is 5.93. The number of hydrogen-bond donors (Lipinski definition) is 1. The zero-order valence-corrected chi connectivity index (χ0v) is 10.1. The Morgan fingerprint density at radius 1 is 1.12 bits per heavy atom. The minimum Gasteiger partial charge on any atom is -0.388 e. The van der Waals surface area contributed by atoms with Gasteiger partial charge in [-0.25, -0.2) is 0 Å². The highest BCUT2D eigenvalue weighted by Crippen LogP contribution is 2.31. The molecule has 0 aliphatic heterocycles. The molecular formula is C12H18F3N. The van der Waals surface area contributed by atoms with E-state index in [2.05, 4.69) is 5.32 Å². The first-order valence-electron chi connectivity index (χ1n) is 5.36. The van der Waals surface area contributed by atoms with Crippen molar-refractivity contribution >= 4 is 5.69 Å². The molecule has 0 aromatic heterocycles. The van der Waals surface area contributed by atoms with Crippen LogP contribution in [0.3, 0.4) is 0 Å². The summed E-state index contributed by atoms with van der Waals surface area (Å²) in [6, 6.07) is 4.01. The minimum absolute atomic E-state index is 0.497. The molecule has 92 valence electrons. The molecule has 0 fully saturated rings. The average Bonchev–Trinajstić information content (AvgIpc) is 2.29. The van der Waals surface area contributed by atoms with Gasteiger partial charge in [0.1, 0.15) is 0 Å². The molecule has 0 aliphatic carbocycles. The van der Waals surface area contributed by atoms with E-state index in [9.17, 15) is 13.2 Å². The lowest BCUT2D eigenvalue weighted by Gasteiger charge is -2.11. The van der Waals surface area contributed by atoms with Gasteiger partial charge in [-0.3, -0.25) is 0 Å². The number of anilines is 1. The Hall–Kier alpha value is -1.19. The number of hydrogen-bond acceptors (Lipinski definition) is 1. The van der Waals surface area contributed by atoms with Crippen molar-refractivity contribution in [3.05, 3.63) is 29.3 Å². The highest BCUT2D eigenvalue weighted by molar-refractivity contribution is 5.49. The van der Waals surface area contributed by atoms with Crippen LogP contribution in [-0.2, 0) is 12.6 Å². The smallest absolute Gasteiger partial charge is 0.388 e. The molecule has 4 heteroatoms. The Labute approximate surface area is 94.7 Å². The van der Waals surface area contributed by atoms with Crippen molar-refractivity contribution in [2.24, 2.45) is 0 Å². The Balaban J connectivity index is 0.00000106. The lowest BCUT2D eigenvalue weighted by molar-refractivity contribution is -0.137. The van der Waals surface area contributed by atoms with E-state index in [1.807, 2.05) is 20.8 Å². The third-order valence-electron chi connectivity index (χ3n) is 2.02. The predicted octanol–water partition coefficient (Wildman–Crippen LogP) is 4.34. The first kappa shape index (κ1) is 14.8. The first-order chi connectivity index (χ1) is 7.47. The second-order valence-electron chi connectivity index (χ2n) is 3.02. The van der Waals surface area contributed by atoms with Crippen LogP contribution in [0.1, 0.15) is 31.9 Å². The molecule has 0 radical (unpaired) electrons. The molecule has 0 unspecified atom stereocenters. The van der Waals surface area contributed by atoms with Crippen LogP contribution in [0.4, 0.5) is 18.9 Å². The monoisotopic (exact) mass is 233 g/mol. The van der Waals surface area contributed by atoms with Gasteiger partial charge in [0.15, 0.2) is 0 Å². The predicted molar refractivity (Wildman–Crippen MR) is 61.7 cm³/mol. The number of halogens is 3. The number of rotatable bonds is 2. The largest absolute Gasteiger partial charge is 0.416 e. The summed E-state index contributed by atoms with van der Waals surface area (Å²) in [5.74, 6) is 0. The van der Waals surface area contributed by atoms with Crippen LogP contribution in [0, 0.1) is 0 Å². The van der Waals surface area contributed by atoms with Crippen LogP contribution < -0.4 is 5.32 Å². The van der Waals surface area contributed by atoms with Crippen LogP contribution >= 0.6 is 0 Å². The Morgan fingerprint density at radius 2 is 1.69 bits per heavy atom. The first-order valence-corrected chi connectivity index (χ1v) is 5.36. The molecule has 1 rings (SSSR count). The van der Waals surface area contributed by atoms with E-state index in [4.69, 9.17) is 0 Å². The fraction of sp³-hybridized carbons (Fsp3) is 0.500. The second-order valence-corrected chi connectivity index (χ2v) is 3.02. The number of aryl methyl sites for hydroxylation is 1. The summed E-state index contributed by atoms with van der Waals surface area (Å²) in [6.45, 7) is 5.83. The van der Waals surface area contributed by atoms with Crippen LogP contribution in [0.15, 0.2) is 18.2 Å². The van der Waals surface area contributed by atoms with Gasteiger partial charge in [-0.05, 0) is 30.2 Å². The molecule has 0 atom stereocenters. The zero-order valence-electron chi connectivity index (χ0n) is 10.1. The van der Waals surface area contributed by atoms with Crippen LogP contribution in [-0.4, -0.2) is 7.05 Å². The van der Waals surface area contributed by atoms with E-state index in [1.54, 1.807) is 13.1 Å². The minimum atomic E-state index is -4.27. The molecule has 0 saturated heterocycles. The summed E-state index contributed by atoms with van der Waals surface area (Å²) in [6.07, 6.45) is -3.67. The molecule has 1 nitrogen and oxygen atoms in total. The fourth-order valence-electron chi connectivity index (χ4n) is 1.20. The Morgan fingerprint density at radius 3 is 2.06 bits per heavy atom. The molecule has 0 spiro atoms. The fourth-order valence-corrected chi connectivity index (χ4v) is 1.20. The lowest BCUT2D eigenvalue weighted by atomic mass is 10.1. The topological polar surface area (TPSA) is 12.0 Å². The van der Waals surface area contributed by atoms with Gasteiger partial charge in [-0.1, -0.05) is 20.8 Å². The Bertz CT molecular complexity index is 296. The highest BCUT2D eigenvalue weighted by atomic mass is 19.4. The van der Waals surface area contributed by atoms with Gasteiger partial charge in [0, 0.05) is 12.7 Å². The van der Waals surface area contributed by atoms with Crippen molar-refractivity contribution in [1.82, 2.24) is 0 Å². The van der Waals surface area contributed by atoms with Crippen molar-refractivity contribution in [3.63, 3.8) is 0 Å². The van der Waals surface area contributed by atoms with Gasteiger partial charge >= 0.3 is 6.18 Å². The van der Waals surface area contributed by atoms with Gasteiger partial charge in [0.05, 0.1) is 5.56 Å². The molecule has 1 N–H and O–H groups in total. The number of alkyl halides is 3. The van der Waals surface area contributed by atoms with Gasteiger partial charge in [-0.2, -0.15) is 13.2 Å². The third-order valence-corrected chi connectivity index (χ3v) is 2.02. The molecule has 0 aliphatic rings. The number of nitrogens with one attached hydrogen (secondary N) is 1. The van der Waals surface area contributed by atoms with E-state index in [0.29, 0.717) is 17.7 Å². The van der Waals surface area contributed by atoms with Crippen LogP contribution in [0.2, 0.25) is 0 Å². The van der Waals surface area contributed by atoms with E-state index in [-0.39, 0.29) is 0 Å². The SMILES string of the molecule is CC.CCc1cc(NC)cc(C(F)(F)F)c1. The average molecular weight is 233 g/mol. The zero-order chi connectivity index (χ0) is 12.8. The van der Waals surface area contributed by atoms with Gasteiger partial charge in [0.25, 0.3) is 0 Å². The summed E-state index contributed by atoms with van der Waals surface area (Å²) in [7, 11) is 1.61. The molecule has 0 amide bonds.